The van der Waals surface area contributed by atoms with Gasteiger partial charge in [0.1, 0.15) is 11.6 Å². The van der Waals surface area contributed by atoms with Gasteiger partial charge in [0.05, 0.1) is 0 Å². The molecule has 16 heavy (non-hydrogen) atoms. The van der Waals surface area contributed by atoms with E-state index in [9.17, 15) is 29.4 Å². The van der Waals surface area contributed by atoms with Gasteiger partial charge < -0.3 is 19.8 Å². The van der Waals surface area contributed by atoms with Crippen LogP contribution in [0.4, 0.5) is 0 Å². The second kappa shape index (κ2) is 13.9. The van der Waals surface area contributed by atoms with Crippen molar-refractivity contribution in [2.45, 2.75) is 26.7 Å². The Morgan fingerprint density at radius 3 is 1.00 bits per heavy atom. The number of Topliss-reactive ketones (excluding diaryl/α,β-unsaturated/α-hetero) is 2. The molecule has 88 valence electrons. The number of carbonyl (C=O) groups excluding carboxylic acids is 4. The van der Waals surface area contributed by atoms with Gasteiger partial charge in [-0.05, 0) is 13.8 Å². The van der Waals surface area contributed by atoms with E-state index in [1.807, 2.05) is 0 Å². The van der Waals surface area contributed by atoms with Gasteiger partial charge in [0.15, 0.2) is 0 Å². The molecule has 0 aromatic heterocycles. The molecule has 0 atom stereocenters. The van der Waals surface area contributed by atoms with Crippen molar-refractivity contribution in [3.8, 4) is 0 Å². The van der Waals surface area contributed by atoms with E-state index in [2.05, 4.69) is 0 Å². The van der Waals surface area contributed by atoms with Crippen molar-refractivity contribution in [2.24, 2.45) is 0 Å². The Labute approximate surface area is 105 Å². The third-order valence-corrected chi connectivity index (χ3v) is 0.787. The zero-order chi connectivity index (χ0) is 13.7. The van der Waals surface area contributed by atoms with Gasteiger partial charge in [-0.25, -0.2) is 0 Å². The molecule has 0 aliphatic heterocycles. The third kappa shape index (κ3) is 38.4. The van der Waals surface area contributed by atoms with E-state index in [0.29, 0.717) is 22.5 Å². The van der Waals surface area contributed by atoms with E-state index in [-0.39, 0.29) is 11.6 Å². The van der Waals surface area contributed by atoms with Gasteiger partial charge >= 0.3 is 25.6 Å². The van der Waals surface area contributed by atoms with Crippen LogP contribution in [0.15, 0.2) is 0 Å². The number of rotatable bonds is 4. The molecule has 8 heteroatoms. The molecular weight excluding hydrogens is 327 g/mol. The van der Waals surface area contributed by atoms with Crippen LogP contribution in [-0.2, 0) is 22.3 Å². The van der Waals surface area contributed by atoms with Crippen LogP contribution in [-0.4, -0.2) is 46.0 Å². The van der Waals surface area contributed by atoms with Crippen LogP contribution in [0.3, 0.4) is 0 Å². The van der Waals surface area contributed by atoms with E-state index in [1.165, 1.54) is 13.8 Å². The predicted molar refractivity (Wildman–Crippen MR) is 47.1 cm³/mol. The van der Waals surface area contributed by atoms with Crippen molar-refractivity contribution >= 4 is 46.0 Å². The molecule has 0 rings (SSSR count). The van der Waals surface area contributed by atoms with E-state index in [1.54, 1.807) is 0 Å². The Hall–Kier alpha value is -1.12. The summed E-state index contributed by atoms with van der Waals surface area (Å²) in [4.78, 5) is 38.6. The molecule has 0 aliphatic rings. The summed E-state index contributed by atoms with van der Waals surface area (Å²) < 4.78 is 8.34. The van der Waals surface area contributed by atoms with Gasteiger partial charge in [0.25, 0.3) is 0 Å². The van der Waals surface area contributed by atoms with E-state index in [0.717, 1.165) is 0 Å². The Bertz CT molecular complexity index is 211. The van der Waals surface area contributed by atoms with Crippen LogP contribution < -0.4 is 10.2 Å². The summed E-state index contributed by atoms with van der Waals surface area (Å²) in [6.45, 7) is 2.41. The molecule has 0 aliphatic carbocycles. The molecule has 0 saturated carbocycles. The molecule has 0 bridgehead atoms. The molecule has 0 aromatic carbocycles. The molecular formula is C8H10O7Sn. The van der Waals surface area contributed by atoms with Gasteiger partial charge in [0.2, 0.25) is 0 Å². The van der Waals surface area contributed by atoms with Crippen LogP contribution in [0.5, 0.6) is 0 Å². The molecule has 0 saturated heterocycles. The topological polar surface area (TPSA) is 131 Å². The van der Waals surface area contributed by atoms with E-state index in [4.69, 9.17) is 3.08 Å². The number of hydrogen-bond donors (Lipinski definition) is 0. The van der Waals surface area contributed by atoms with Gasteiger partial charge in [0, 0.05) is 24.8 Å². The summed E-state index contributed by atoms with van der Waals surface area (Å²) in [7, 11) is 0. The minimum absolute atomic E-state index is 0.300. The first-order valence-electron chi connectivity index (χ1n) is 3.84. The maximum atomic E-state index is 9.83. The summed E-state index contributed by atoms with van der Waals surface area (Å²) in [5.41, 5.74) is 0. The predicted octanol–water partition coefficient (Wildman–Crippen LogP) is -3.07. The number of aliphatic carboxylic acids is 2. The number of hydrogen-bond acceptors (Lipinski definition) is 7. The third-order valence-electron chi connectivity index (χ3n) is 0.787. The van der Waals surface area contributed by atoms with Crippen LogP contribution >= 0.6 is 0 Å². The van der Waals surface area contributed by atoms with Crippen molar-refractivity contribution < 1.29 is 32.5 Å². The van der Waals surface area contributed by atoms with Crippen molar-refractivity contribution in [3.05, 3.63) is 0 Å². The Balaban J connectivity index is -0.000000183. The second-order valence-corrected chi connectivity index (χ2v) is 2.50. The summed E-state index contributed by atoms with van der Waals surface area (Å²) in [6, 6.07) is 0. The monoisotopic (exact) mass is 338 g/mol. The summed E-state index contributed by atoms with van der Waals surface area (Å²) in [5, 5.41) is 19.0. The Morgan fingerprint density at radius 2 is 1.00 bits per heavy atom. The van der Waals surface area contributed by atoms with Gasteiger partial charge in [-0.15, -0.1) is 0 Å². The van der Waals surface area contributed by atoms with Crippen LogP contribution in [0.2, 0.25) is 0 Å². The summed E-state index contributed by atoms with van der Waals surface area (Å²) >= 11 is 0.300. The summed E-state index contributed by atoms with van der Waals surface area (Å²) in [6.07, 6.45) is -0.944. The van der Waals surface area contributed by atoms with Crippen molar-refractivity contribution in [2.75, 3.05) is 0 Å². The average Bonchev–Trinajstić information content (AvgIpc) is 2.03. The molecule has 0 unspecified atom stereocenters. The van der Waals surface area contributed by atoms with Crippen LogP contribution in [0, 0.1) is 0 Å². The molecule has 0 fully saturated rings. The Morgan fingerprint density at radius 1 is 0.812 bits per heavy atom. The van der Waals surface area contributed by atoms with Gasteiger partial charge in [-0.2, -0.15) is 0 Å². The van der Waals surface area contributed by atoms with Crippen molar-refractivity contribution in [3.63, 3.8) is 0 Å². The normalized spacial score (nSPS) is 7.50. The zero-order valence-corrected chi connectivity index (χ0v) is 11.6. The van der Waals surface area contributed by atoms with Crippen molar-refractivity contribution in [1.29, 1.82) is 0 Å². The maximum absolute atomic E-state index is 9.83. The number of carboxylic acid groups (broad SMARTS) is 2. The fourth-order valence-electron chi connectivity index (χ4n) is 0.407. The van der Waals surface area contributed by atoms with Crippen molar-refractivity contribution in [1.82, 2.24) is 0 Å². The number of ketones is 2. The first-order valence-corrected chi connectivity index (χ1v) is 5.01. The molecule has 7 nitrogen and oxygen atoms in total. The molecule has 0 spiro atoms. The number of carboxylic acids is 2. The van der Waals surface area contributed by atoms with Gasteiger partial charge in [-0.3, -0.25) is 9.59 Å². The summed E-state index contributed by atoms with van der Waals surface area (Å²) in [5.74, 6) is -3.37. The molecule has 0 amide bonds. The second-order valence-electron chi connectivity index (χ2n) is 2.50. The van der Waals surface area contributed by atoms with E-state index < -0.39 is 24.8 Å². The molecule has 0 aromatic rings. The zero-order valence-electron chi connectivity index (χ0n) is 8.77. The Kier molecular flexibility index (Phi) is 17.6. The SMILES string of the molecule is CC(=O)CC(=O)[O-].CC(=O)CC(=O)[O-].[O]=[Sn+2]. The van der Waals surface area contributed by atoms with Crippen LogP contribution in [0.25, 0.3) is 0 Å². The molecule has 0 N–H and O–H groups in total. The minimum atomic E-state index is -1.31. The van der Waals surface area contributed by atoms with Crippen LogP contribution in [0.1, 0.15) is 26.7 Å². The van der Waals surface area contributed by atoms with E-state index >= 15 is 0 Å². The quantitative estimate of drug-likeness (QED) is 0.393. The fraction of sp³-hybridized carbons (Fsp3) is 0.500. The van der Waals surface area contributed by atoms with Gasteiger partial charge in [-0.1, -0.05) is 0 Å². The number of carbonyl (C=O) groups is 4. The standard InChI is InChI=1S/2C4H6O3.O.Sn/c2*1-3(5)2-4(6)7;;/h2*2H2,1H3,(H,6,7);;/q;;;+2/p-2. The molecule has 0 radical (unpaired) electrons. The molecule has 0 heterocycles. The fourth-order valence-corrected chi connectivity index (χ4v) is 0.407. The first kappa shape index (κ1) is 20.3. The average molecular weight is 337 g/mol. The first-order chi connectivity index (χ1) is 7.25.